The molecule has 2 aromatic carbocycles. The molecule has 0 spiro atoms. The molecule has 2 aliphatic rings. The van der Waals surface area contributed by atoms with Crippen molar-refractivity contribution in [2.75, 3.05) is 33.8 Å². The summed E-state index contributed by atoms with van der Waals surface area (Å²) in [6.07, 6.45) is 3.47. The van der Waals surface area contributed by atoms with Crippen molar-refractivity contribution >= 4 is 17.4 Å². The summed E-state index contributed by atoms with van der Waals surface area (Å²) >= 11 is 0. The third kappa shape index (κ3) is 5.41. The number of unbranched alkanes of at least 4 members (excludes halogenated alkanes) is 1. The number of Topliss-reactive ketones (excluding diaryl/α,β-unsaturated/α-hetero) is 1. The van der Waals surface area contributed by atoms with Crippen LogP contribution in [0.4, 0.5) is 0 Å². The molecule has 1 amide bonds. The number of ketones is 1. The first kappa shape index (κ1) is 25.8. The molecule has 2 heterocycles. The number of aliphatic hydroxyl groups excluding tert-OH is 1. The van der Waals surface area contributed by atoms with Gasteiger partial charge in [0.25, 0.3) is 11.7 Å². The standard InChI is InChI=1S/C29H36N2O5/c1-5-6-15-35-23-10-7-9-20(18-23)26-25(28(33)29(34)31(26)14-8-13-30(3)4)27(32)21-11-12-24-22(17-21)16-19(2)36-24/h7,9-12,17-19,26,32H,5-6,8,13-16H2,1-4H3/b27-25+/t19-,26+/m1/s1. The Kier molecular flexibility index (Phi) is 7.99. The number of benzene rings is 2. The SMILES string of the molecule is CCCCOc1cccc([C@H]2/C(=C(\O)c3ccc4c(c3)C[C@@H](C)O4)C(=O)C(=O)N2CCCN(C)C)c1. The highest BCUT2D eigenvalue weighted by atomic mass is 16.5. The number of amides is 1. The smallest absolute Gasteiger partial charge is 0.295 e. The number of rotatable bonds is 10. The minimum Gasteiger partial charge on any atom is -0.507 e. The number of hydrogen-bond donors (Lipinski definition) is 1. The molecule has 0 unspecified atom stereocenters. The zero-order chi connectivity index (χ0) is 25.8. The minimum absolute atomic E-state index is 0.0649. The van der Waals surface area contributed by atoms with Gasteiger partial charge in [-0.1, -0.05) is 25.5 Å². The molecule has 36 heavy (non-hydrogen) atoms. The van der Waals surface area contributed by atoms with Crippen LogP contribution in [0.5, 0.6) is 11.5 Å². The Hall–Kier alpha value is -3.32. The second-order valence-electron chi connectivity index (χ2n) is 9.88. The lowest BCUT2D eigenvalue weighted by molar-refractivity contribution is -0.139. The van der Waals surface area contributed by atoms with E-state index in [1.54, 1.807) is 11.0 Å². The molecule has 2 aromatic rings. The van der Waals surface area contributed by atoms with E-state index in [1.165, 1.54) is 0 Å². The van der Waals surface area contributed by atoms with Crippen molar-refractivity contribution in [3.63, 3.8) is 0 Å². The Balaban J connectivity index is 1.75. The van der Waals surface area contributed by atoms with Crippen LogP contribution >= 0.6 is 0 Å². The van der Waals surface area contributed by atoms with Crippen LogP contribution in [0.1, 0.15) is 55.8 Å². The molecule has 1 fully saturated rings. The lowest BCUT2D eigenvalue weighted by Gasteiger charge is -2.26. The fraction of sp³-hybridized carbons (Fsp3) is 0.448. The second-order valence-corrected chi connectivity index (χ2v) is 9.88. The Bertz CT molecular complexity index is 1160. The number of carbonyl (C=O) groups excluding carboxylic acids is 2. The number of fused-ring (bicyclic) bond motifs is 1. The summed E-state index contributed by atoms with van der Waals surface area (Å²) in [5.41, 5.74) is 2.35. The van der Waals surface area contributed by atoms with E-state index >= 15 is 0 Å². The highest BCUT2D eigenvalue weighted by molar-refractivity contribution is 6.46. The van der Waals surface area contributed by atoms with E-state index in [0.29, 0.717) is 30.9 Å². The fourth-order valence-electron chi connectivity index (χ4n) is 4.85. The molecular weight excluding hydrogens is 456 g/mol. The Morgan fingerprint density at radius 2 is 1.97 bits per heavy atom. The quantitative estimate of drug-likeness (QED) is 0.227. The van der Waals surface area contributed by atoms with E-state index in [-0.39, 0.29) is 17.4 Å². The lowest BCUT2D eigenvalue weighted by Crippen LogP contribution is -2.32. The largest absolute Gasteiger partial charge is 0.507 e. The van der Waals surface area contributed by atoms with Crippen molar-refractivity contribution in [3.05, 3.63) is 64.7 Å². The van der Waals surface area contributed by atoms with Gasteiger partial charge in [-0.2, -0.15) is 0 Å². The van der Waals surface area contributed by atoms with E-state index < -0.39 is 17.7 Å². The van der Waals surface area contributed by atoms with Crippen molar-refractivity contribution in [2.24, 2.45) is 0 Å². The van der Waals surface area contributed by atoms with Gasteiger partial charge in [0, 0.05) is 18.5 Å². The molecule has 1 N–H and O–H groups in total. The maximum atomic E-state index is 13.3. The molecule has 7 nitrogen and oxygen atoms in total. The summed E-state index contributed by atoms with van der Waals surface area (Å²) in [6, 6.07) is 12.2. The third-order valence-corrected chi connectivity index (χ3v) is 6.65. The number of carbonyl (C=O) groups is 2. The van der Waals surface area contributed by atoms with Gasteiger partial charge in [0.2, 0.25) is 0 Å². The van der Waals surface area contributed by atoms with E-state index in [9.17, 15) is 14.7 Å². The lowest BCUT2D eigenvalue weighted by atomic mass is 9.94. The van der Waals surface area contributed by atoms with Gasteiger partial charge in [-0.05, 0) is 81.9 Å². The monoisotopic (exact) mass is 492 g/mol. The van der Waals surface area contributed by atoms with E-state index in [2.05, 4.69) is 6.92 Å². The summed E-state index contributed by atoms with van der Waals surface area (Å²) < 4.78 is 11.7. The predicted molar refractivity (Wildman–Crippen MR) is 139 cm³/mol. The number of nitrogens with zero attached hydrogens (tertiary/aromatic N) is 2. The van der Waals surface area contributed by atoms with E-state index in [1.807, 2.05) is 62.3 Å². The van der Waals surface area contributed by atoms with Crippen molar-refractivity contribution in [1.29, 1.82) is 0 Å². The first-order valence-corrected chi connectivity index (χ1v) is 12.8. The van der Waals surface area contributed by atoms with Crippen LogP contribution in [-0.2, 0) is 16.0 Å². The van der Waals surface area contributed by atoms with Crippen molar-refractivity contribution < 1.29 is 24.2 Å². The second kappa shape index (κ2) is 11.2. The van der Waals surface area contributed by atoms with Gasteiger partial charge in [0.15, 0.2) is 0 Å². The summed E-state index contributed by atoms with van der Waals surface area (Å²) in [6.45, 7) is 5.87. The number of ether oxygens (including phenoxy) is 2. The highest BCUT2D eigenvalue weighted by Crippen LogP contribution is 2.41. The van der Waals surface area contributed by atoms with Gasteiger partial charge in [0.1, 0.15) is 23.4 Å². The Morgan fingerprint density at radius 1 is 1.17 bits per heavy atom. The maximum absolute atomic E-state index is 13.3. The average molecular weight is 493 g/mol. The molecule has 1 saturated heterocycles. The summed E-state index contributed by atoms with van der Waals surface area (Å²) in [7, 11) is 3.95. The summed E-state index contributed by atoms with van der Waals surface area (Å²) in [5, 5.41) is 11.4. The van der Waals surface area contributed by atoms with Crippen LogP contribution in [0.3, 0.4) is 0 Å². The molecule has 0 radical (unpaired) electrons. The summed E-state index contributed by atoms with van der Waals surface area (Å²) in [4.78, 5) is 30.1. The highest BCUT2D eigenvalue weighted by Gasteiger charge is 2.46. The number of aliphatic hydroxyl groups is 1. The fourth-order valence-corrected chi connectivity index (χ4v) is 4.85. The normalized spacial score (nSPS) is 20.6. The third-order valence-electron chi connectivity index (χ3n) is 6.65. The van der Waals surface area contributed by atoms with Crippen LogP contribution in [0.15, 0.2) is 48.0 Å². The topological polar surface area (TPSA) is 79.3 Å². The molecule has 0 bridgehead atoms. The molecule has 2 atom stereocenters. The molecule has 0 aliphatic carbocycles. The molecule has 192 valence electrons. The Labute approximate surface area is 213 Å². The molecule has 4 rings (SSSR count). The van der Waals surface area contributed by atoms with Crippen molar-refractivity contribution in [2.45, 2.75) is 51.7 Å². The summed E-state index contributed by atoms with van der Waals surface area (Å²) in [5.74, 6) is 0.0637. The van der Waals surface area contributed by atoms with Gasteiger partial charge in [0.05, 0.1) is 18.2 Å². The van der Waals surface area contributed by atoms with Crippen molar-refractivity contribution in [1.82, 2.24) is 9.80 Å². The zero-order valence-electron chi connectivity index (χ0n) is 21.6. The van der Waals surface area contributed by atoms with Crippen LogP contribution in [0.25, 0.3) is 5.76 Å². The van der Waals surface area contributed by atoms with Crippen LogP contribution in [-0.4, -0.2) is 66.5 Å². The molecule has 2 aliphatic heterocycles. The first-order chi connectivity index (χ1) is 17.3. The van der Waals surface area contributed by atoms with Crippen molar-refractivity contribution in [3.8, 4) is 11.5 Å². The van der Waals surface area contributed by atoms with Gasteiger partial charge in [-0.3, -0.25) is 9.59 Å². The number of likely N-dealkylation sites (tertiary alicyclic amines) is 1. The Morgan fingerprint density at radius 3 is 2.72 bits per heavy atom. The number of hydrogen-bond acceptors (Lipinski definition) is 6. The van der Waals surface area contributed by atoms with Gasteiger partial charge in [-0.25, -0.2) is 0 Å². The molecule has 7 heteroatoms. The first-order valence-electron chi connectivity index (χ1n) is 12.8. The minimum atomic E-state index is -0.690. The van der Waals surface area contributed by atoms with E-state index in [0.717, 1.165) is 42.7 Å². The van der Waals surface area contributed by atoms with Gasteiger partial charge < -0.3 is 24.4 Å². The van der Waals surface area contributed by atoms with Crippen LogP contribution in [0.2, 0.25) is 0 Å². The van der Waals surface area contributed by atoms with E-state index in [4.69, 9.17) is 9.47 Å². The average Bonchev–Trinajstić information content (AvgIpc) is 3.34. The van der Waals surface area contributed by atoms with Crippen LogP contribution in [0, 0.1) is 0 Å². The molecule has 0 aromatic heterocycles. The van der Waals surface area contributed by atoms with Gasteiger partial charge >= 0.3 is 0 Å². The van der Waals surface area contributed by atoms with Gasteiger partial charge in [-0.15, -0.1) is 0 Å². The molecular formula is C29H36N2O5. The predicted octanol–water partition coefficient (Wildman–Crippen LogP) is 4.56. The maximum Gasteiger partial charge on any atom is 0.295 e. The zero-order valence-corrected chi connectivity index (χ0v) is 21.6. The van der Waals surface area contributed by atoms with Crippen LogP contribution < -0.4 is 9.47 Å². The molecule has 0 saturated carbocycles.